The molecule has 0 spiro atoms. The Balaban J connectivity index is 2.02. The molecular weight excluding hydrogens is 237 g/mol. The van der Waals surface area contributed by atoms with Crippen LogP contribution >= 0.6 is 0 Å². The van der Waals surface area contributed by atoms with Crippen molar-refractivity contribution in [3.8, 4) is 0 Å². The summed E-state index contributed by atoms with van der Waals surface area (Å²) < 4.78 is 13.4. The van der Waals surface area contributed by atoms with Crippen molar-refractivity contribution in [2.24, 2.45) is 0 Å². The molecule has 5 nitrogen and oxygen atoms in total. The number of halogens is 1. The average Bonchev–Trinajstić information content (AvgIpc) is 2.77. The van der Waals surface area contributed by atoms with Crippen molar-refractivity contribution < 1.29 is 14.3 Å². The lowest BCUT2D eigenvalue weighted by molar-refractivity contribution is 0.115. The minimum absolute atomic E-state index is 0.134. The zero-order valence-electron chi connectivity index (χ0n) is 10.1. The Morgan fingerprint density at radius 2 is 2.22 bits per heavy atom. The van der Waals surface area contributed by atoms with E-state index in [9.17, 15) is 14.3 Å². The molecule has 2 atom stereocenters. The third-order valence-corrected chi connectivity index (χ3v) is 3.08. The average molecular weight is 253 g/mol. The monoisotopic (exact) mass is 253 g/mol. The van der Waals surface area contributed by atoms with Gasteiger partial charge in [0.25, 0.3) is 0 Å². The van der Waals surface area contributed by atoms with Crippen molar-refractivity contribution >= 4 is 11.7 Å². The molecule has 1 heterocycles. The number of anilines is 1. The lowest BCUT2D eigenvalue weighted by atomic mass is 10.2. The highest BCUT2D eigenvalue weighted by Crippen LogP contribution is 2.14. The number of β-amino-alcohol motifs (C(OH)–C–C–N with tert-alkyl or cyclic N) is 1. The van der Waals surface area contributed by atoms with Crippen LogP contribution in [-0.4, -0.2) is 48.3 Å². The number of amides is 2. The number of hydrogen-bond donors (Lipinski definition) is 3. The van der Waals surface area contributed by atoms with E-state index in [0.717, 1.165) is 0 Å². The van der Waals surface area contributed by atoms with Crippen LogP contribution in [0.25, 0.3) is 0 Å². The smallest absolute Gasteiger partial charge is 0.322 e. The van der Waals surface area contributed by atoms with Crippen LogP contribution in [-0.2, 0) is 0 Å². The third kappa shape index (κ3) is 2.60. The van der Waals surface area contributed by atoms with E-state index in [1.807, 2.05) is 0 Å². The first-order chi connectivity index (χ1) is 8.59. The first kappa shape index (κ1) is 12.8. The number of nitrogens with one attached hydrogen (secondary N) is 2. The molecule has 0 aliphatic carbocycles. The minimum Gasteiger partial charge on any atom is -0.390 e. The molecule has 0 aromatic heterocycles. The summed E-state index contributed by atoms with van der Waals surface area (Å²) in [6.45, 7) is 0.990. The zero-order chi connectivity index (χ0) is 13.1. The Bertz CT molecular complexity index is 441. The second kappa shape index (κ2) is 5.32. The van der Waals surface area contributed by atoms with E-state index in [-0.39, 0.29) is 11.7 Å². The molecule has 0 saturated carbocycles. The van der Waals surface area contributed by atoms with Gasteiger partial charge in [0, 0.05) is 20.1 Å². The Labute approximate surface area is 105 Å². The molecule has 18 heavy (non-hydrogen) atoms. The molecule has 0 radical (unpaired) electrons. The Morgan fingerprint density at radius 1 is 1.50 bits per heavy atom. The van der Waals surface area contributed by atoms with Crippen LogP contribution in [0.2, 0.25) is 0 Å². The van der Waals surface area contributed by atoms with Gasteiger partial charge in [-0.25, -0.2) is 9.18 Å². The maximum atomic E-state index is 13.4. The fraction of sp³-hybridized carbons (Fsp3) is 0.417. The van der Waals surface area contributed by atoms with Crippen LogP contribution in [0.1, 0.15) is 0 Å². The highest BCUT2D eigenvalue weighted by atomic mass is 19.1. The van der Waals surface area contributed by atoms with Crippen LogP contribution in [0.3, 0.4) is 0 Å². The van der Waals surface area contributed by atoms with Gasteiger partial charge in [-0.1, -0.05) is 12.1 Å². The van der Waals surface area contributed by atoms with Gasteiger partial charge in [0.1, 0.15) is 5.82 Å². The van der Waals surface area contributed by atoms with E-state index < -0.39 is 18.0 Å². The van der Waals surface area contributed by atoms with Gasteiger partial charge in [0.15, 0.2) is 0 Å². The van der Waals surface area contributed by atoms with E-state index in [0.29, 0.717) is 13.1 Å². The van der Waals surface area contributed by atoms with E-state index in [1.165, 1.54) is 17.0 Å². The first-order valence-corrected chi connectivity index (χ1v) is 5.76. The normalized spacial score (nSPS) is 22.8. The number of carbonyl (C=O) groups is 1. The number of urea groups is 1. The SMILES string of the molecule is CN(C(=O)Nc1ccccc1F)[C@H]1CNC[C@@H]1O. The Hall–Kier alpha value is -1.66. The zero-order valence-corrected chi connectivity index (χ0v) is 10.1. The van der Waals surface area contributed by atoms with E-state index in [1.54, 1.807) is 19.2 Å². The van der Waals surface area contributed by atoms with Crippen LogP contribution in [0.15, 0.2) is 24.3 Å². The fourth-order valence-electron chi connectivity index (χ4n) is 1.96. The summed E-state index contributed by atoms with van der Waals surface area (Å²) in [4.78, 5) is 13.3. The van der Waals surface area contributed by atoms with Crippen LogP contribution in [0.4, 0.5) is 14.9 Å². The van der Waals surface area contributed by atoms with E-state index >= 15 is 0 Å². The molecule has 2 amide bonds. The Morgan fingerprint density at radius 3 is 2.83 bits per heavy atom. The largest absolute Gasteiger partial charge is 0.390 e. The number of benzene rings is 1. The van der Waals surface area contributed by atoms with E-state index in [2.05, 4.69) is 10.6 Å². The summed E-state index contributed by atoms with van der Waals surface area (Å²) in [7, 11) is 1.58. The number of hydrogen-bond acceptors (Lipinski definition) is 3. The molecule has 1 aliphatic heterocycles. The van der Waals surface area contributed by atoms with Gasteiger partial charge in [-0.3, -0.25) is 0 Å². The van der Waals surface area contributed by atoms with Gasteiger partial charge in [0.2, 0.25) is 0 Å². The molecule has 0 unspecified atom stereocenters. The number of aliphatic hydroxyl groups excluding tert-OH is 1. The summed E-state index contributed by atoms with van der Waals surface area (Å²) in [6, 6.07) is 5.24. The van der Waals surface area contributed by atoms with Gasteiger partial charge >= 0.3 is 6.03 Å². The maximum absolute atomic E-state index is 13.4. The lowest BCUT2D eigenvalue weighted by Crippen LogP contribution is -2.46. The first-order valence-electron chi connectivity index (χ1n) is 5.76. The summed E-state index contributed by atoms with van der Waals surface area (Å²) in [5.41, 5.74) is 0.134. The van der Waals surface area contributed by atoms with Crippen LogP contribution < -0.4 is 10.6 Å². The standard InChI is InChI=1S/C12H16FN3O2/c1-16(10-6-14-7-11(10)17)12(18)15-9-5-3-2-4-8(9)13/h2-5,10-11,14,17H,6-7H2,1H3,(H,15,18)/t10-,11-/m0/s1. The van der Waals surface area contributed by atoms with Crippen LogP contribution in [0, 0.1) is 5.82 Å². The molecule has 1 aliphatic rings. The van der Waals surface area contributed by atoms with Gasteiger partial charge in [-0.15, -0.1) is 0 Å². The topological polar surface area (TPSA) is 64.6 Å². The van der Waals surface area contributed by atoms with Crippen molar-refractivity contribution in [3.05, 3.63) is 30.1 Å². The summed E-state index contributed by atoms with van der Waals surface area (Å²) in [5, 5.41) is 15.1. The second-order valence-corrected chi connectivity index (χ2v) is 4.31. The van der Waals surface area contributed by atoms with E-state index in [4.69, 9.17) is 0 Å². The highest BCUT2D eigenvalue weighted by molar-refractivity contribution is 5.89. The molecule has 3 N–H and O–H groups in total. The van der Waals surface area contributed by atoms with Gasteiger partial charge in [-0.05, 0) is 12.1 Å². The number of nitrogens with zero attached hydrogens (tertiary/aromatic N) is 1. The number of likely N-dealkylation sites (N-methyl/N-ethyl adjacent to an activating group) is 1. The van der Waals surface area contributed by atoms with Crippen LogP contribution in [0.5, 0.6) is 0 Å². The molecule has 1 aromatic rings. The van der Waals surface area contributed by atoms with Gasteiger partial charge in [-0.2, -0.15) is 0 Å². The second-order valence-electron chi connectivity index (χ2n) is 4.31. The third-order valence-electron chi connectivity index (χ3n) is 3.08. The molecule has 0 bridgehead atoms. The summed E-state index contributed by atoms with van der Waals surface area (Å²) in [6.07, 6.45) is -0.596. The molecule has 1 aromatic carbocycles. The van der Waals surface area contributed by atoms with Crippen molar-refractivity contribution in [1.82, 2.24) is 10.2 Å². The van der Waals surface area contributed by atoms with Gasteiger partial charge < -0.3 is 20.6 Å². The molecule has 2 rings (SSSR count). The van der Waals surface area contributed by atoms with Crippen molar-refractivity contribution in [2.75, 3.05) is 25.5 Å². The maximum Gasteiger partial charge on any atom is 0.322 e. The number of rotatable bonds is 2. The number of aliphatic hydroxyl groups is 1. The fourth-order valence-corrected chi connectivity index (χ4v) is 1.96. The van der Waals surface area contributed by atoms with Crippen molar-refractivity contribution in [2.45, 2.75) is 12.1 Å². The Kier molecular flexibility index (Phi) is 3.78. The molecular formula is C12H16FN3O2. The lowest BCUT2D eigenvalue weighted by Gasteiger charge is -2.26. The predicted octanol–water partition coefficient (Wildman–Crippen LogP) is 0.622. The molecule has 1 saturated heterocycles. The quantitative estimate of drug-likeness (QED) is 0.724. The number of carbonyl (C=O) groups excluding carboxylic acids is 1. The summed E-state index contributed by atoms with van der Waals surface area (Å²) in [5.74, 6) is -0.482. The van der Waals surface area contributed by atoms with Crippen molar-refractivity contribution in [3.63, 3.8) is 0 Å². The molecule has 1 fully saturated rings. The number of para-hydroxylation sites is 1. The molecule has 6 heteroatoms. The summed E-state index contributed by atoms with van der Waals surface area (Å²) >= 11 is 0. The highest BCUT2D eigenvalue weighted by Gasteiger charge is 2.31. The molecule has 98 valence electrons. The predicted molar refractivity (Wildman–Crippen MR) is 65.8 cm³/mol. The van der Waals surface area contributed by atoms with Gasteiger partial charge in [0.05, 0.1) is 17.8 Å². The van der Waals surface area contributed by atoms with Crippen molar-refractivity contribution in [1.29, 1.82) is 0 Å². The minimum atomic E-state index is -0.596.